The number of hydrogen-bond donors (Lipinski definition) is 2. The largest absolute Gasteiger partial charge is 0.415 e. The molecule has 0 saturated carbocycles. The van der Waals surface area contributed by atoms with Gasteiger partial charge in [-0.1, -0.05) is 20.8 Å². The van der Waals surface area contributed by atoms with Gasteiger partial charge in [0.25, 0.3) is 0 Å². The van der Waals surface area contributed by atoms with Crippen molar-refractivity contribution in [3.05, 3.63) is 0 Å². The highest BCUT2D eigenvalue weighted by Gasteiger charge is 2.36. The summed E-state index contributed by atoms with van der Waals surface area (Å²) in [5.74, 6) is 5.15. The van der Waals surface area contributed by atoms with Crippen molar-refractivity contribution < 1.29 is 4.43 Å². The highest BCUT2D eigenvalue weighted by atomic mass is 28.4. The number of hydrazine groups is 1. The monoisotopic (exact) mass is 190 g/mol. The van der Waals surface area contributed by atoms with Gasteiger partial charge in [-0.25, -0.2) is 0 Å². The van der Waals surface area contributed by atoms with Crippen molar-refractivity contribution >= 4 is 8.32 Å². The minimum Gasteiger partial charge on any atom is -0.415 e. The Morgan fingerprint density at radius 2 is 1.83 bits per heavy atom. The predicted molar refractivity (Wildman–Crippen MR) is 55.3 cm³/mol. The first-order chi connectivity index (χ1) is 5.31. The molecule has 3 nitrogen and oxygen atoms in total. The molecule has 0 saturated heterocycles. The maximum absolute atomic E-state index is 5.83. The summed E-state index contributed by atoms with van der Waals surface area (Å²) >= 11 is 0. The summed E-state index contributed by atoms with van der Waals surface area (Å²) < 4.78 is 5.83. The number of hydrogen-bond acceptors (Lipinski definition) is 3. The number of nitrogens with two attached hydrogens (primary N) is 1. The number of nitrogens with one attached hydrogen (secondary N) is 1. The Balaban J connectivity index is 3.88. The standard InChI is InChI=1S/C8H22N2OSi/c1-8(2,3)12(4,5)11-7-6-10-9/h10H,6-7,9H2,1-5H3. The SMILES string of the molecule is CC(C)(C)[Si](C)(C)OCCNN. The molecular formula is C8H22N2OSi. The lowest BCUT2D eigenvalue weighted by molar-refractivity contribution is 0.287. The van der Waals surface area contributed by atoms with E-state index in [1.54, 1.807) is 0 Å². The van der Waals surface area contributed by atoms with E-state index in [0.717, 1.165) is 6.54 Å². The third-order valence-electron chi connectivity index (χ3n) is 2.52. The smallest absolute Gasteiger partial charge is 0.192 e. The Morgan fingerprint density at radius 3 is 2.17 bits per heavy atom. The van der Waals surface area contributed by atoms with Crippen molar-refractivity contribution in [3.8, 4) is 0 Å². The molecule has 0 atom stereocenters. The summed E-state index contributed by atoms with van der Waals surface area (Å²) in [6, 6.07) is 0. The summed E-state index contributed by atoms with van der Waals surface area (Å²) in [6.45, 7) is 12.6. The van der Waals surface area contributed by atoms with Crippen LogP contribution in [-0.4, -0.2) is 21.5 Å². The van der Waals surface area contributed by atoms with Crippen molar-refractivity contribution in [1.82, 2.24) is 5.43 Å². The first kappa shape index (κ1) is 12.1. The Hall–Kier alpha value is 0.0969. The van der Waals surface area contributed by atoms with E-state index in [9.17, 15) is 0 Å². The molecule has 3 N–H and O–H groups in total. The van der Waals surface area contributed by atoms with Crippen molar-refractivity contribution in [1.29, 1.82) is 0 Å². The van der Waals surface area contributed by atoms with Gasteiger partial charge in [-0.2, -0.15) is 0 Å². The molecule has 0 aliphatic rings. The molecule has 0 amide bonds. The summed E-state index contributed by atoms with van der Waals surface area (Å²) in [6.07, 6.45) is 0. The predicted octanol–water partition coefficient (Wildman–Crippen LogP) is 1.47. The summed E-state index contributed by atoms with van der Waals surface area (Å²) in [5, 5.41) is 0.293. The molecule has 0 aromatic heterocycles. The third kappa shape index (κ3) is 3.67. The second-order valence-electron chi connectivity index (χ2n) is 4.56. The van der Waals surface area contributed by atoms with E-state index in [0.29, 0.717) is 11.6 Å². The number of rotatable bonds is 4. The lowest BCUT2D eigenvalue weighted by atomic mass is 10.2. The topological polar surface area (TPSA) is 47.3 Å². The van der Waals surface area contributed by atoms with Crippen LogP contribution in [0.2, 0.25) is 18.1 Å². The zero-order valence-corrected chi connectivity index (χ0v) is 9.90. The zero-order chi connectivity index (χ0) is 9.83. The normalized spacial score (nSPS) is 13.5. The Labute approximate surface area is 76.8 Å². The van der Waals surface area contributed by atoms with Crippen LogP contribution in [0.25, 0.3) is 0 Å². The van der Waals surface area contributed by atoms with Gasteiger partial charge in [0.1, 0.15) is 0 Å². The fourth-order valence-electron chi connectivity index (χ4n) is 0.582. The highest BCUT2D eigenvalue weighted by molar-refractivity contribution is 6.74. The van der Waals surface area contributed by atoms with Crippen LogP contribution < -0.4 is 11.3 Å². The fourth-order valence-corrected chi connectivity index (χ4v) is 1.63. The molecular weight excluding hydrogens is 168 g/mol. The molecule has 12 heavy (non-hydrogen) atoms. The van der Waals surface area contributed by atoms with Gasteiger partial charge in [-0.15, -0.1) is 0 Å². The van der Waals surface area contributed by atoms with E-state index in [1.165, 1.54) is 0 Å². The van der Waals surface area contributed by atoms with Gasteiger partial charge >= 0.3 is 0 Å². The molecule has 0 aromatic rings. The fraction of sp³-hybridized carbons (Fsp3) is 1.00. The van der Waals surface area contributed by atoms with Gasteiger partial charge in [0.05, 0.1) is 0 Å². The van der Waals surface area contributed by atoms with Crippen molar-refractivity contribution in [2.24, 2.45) is 5.84 Å². The quantitative estimate of drug-likeness (QED) is 0.305. The average molecular weight is 190 g/mol. The minimum atomic E-state index is -1.54. The van der Waals surface area contributed by atoms with Crippen molar-refractivity contribution in [3.63, 3.8) is 0 Å². The van der Waals surface area contributed by atoms with Crippen LogP contribution in [0.1, 0.15) is 20.8 Å². The molecule has 0 aliphatic carbocycles. The van der Waals surface area contributed by atoms with E-state index in [2.05, 4.69) is 39.3 Å². The molecule has 0 radical (unpaired) electrons. The lowest BCUT2D eigenvalue weighted by Gasteiger charge is -2.36. The Bertz CT molecular complexity index is 132. The van der Waals surface area contributed by atoms with Gasteiger partial charge in [0, 0.05) is 13.2 Å². The van der Waals surface area contributed by atoms with Gasteiger partial charge in [0.15, 0.2) is 8.32 Å². The highest BCUT2D eigenvalue weighted by Crippen LogP contribution is 2.36. The second kappa shape index (κ2) is 4.37. The van der Waals surface area contributed by atoms with Crippen LogP contribution in [-0.2, 0) is 4.43 Å². The molecule has 0 bridgehead atoms. The molecule has 0 spiro atoms. The van der Waals surface area contributed by atoms with Gasteiger partial charge in [-0.05, 0) is 18.1 Å². The molecule has 0 heterocycles. The molecule has 4 heteroatoms. The second-order valence-corrected chi connectivity index (χ2v) is 9.37. The van der Waals surface area contributed by atoms with Crippen LogP contribution in [0.15, 0.2) is 0 Å². The first-order valence-electron chi connectivity index (χ1n) is 4.39. The van der Waals surface area contributed by atoms with E-state index >= 15 is 0 Å². The summed E-state index contributed by atoms with van der Waals surface area (Å²) in [4.78, 5) is 0. The van der Waals surface area contributed by atoms with Crippen molar-refractivity contribution in [2.75, 3.05) is 13.2 Å². The maximum atomic E-state index is 5.83. The Kier molecular flexibility index (Phi) is 4.40. The molecule has 0 rings (SSSR count). The van der Waals surface area contributed by atoms with E-state index in [1.807, 2.05) is 0 Å². The molecule has 0 unspecified atom stereocenters. The first-order valence-corrected chi connectivity index (χ1v) is 7.29. The van der Waals surface area contributed by atoms with Gasteiger partial charge in [-0.3, -0.25) is 11.3 Å². The third-order valence-corrected chi connectivity index (χ3v) is 7.05. The zero-order valence-electron chi connectivity index (χ0n) is 8.90. The van der Waals surface area contributed by atoms with Crippen molar-refractivity contribution in [2.45, 2.75) is 38.9 Å². The van der Waals surface area contributed by atoms with E-state index < -0.39 is 8.32 Å². The van der Waals surface area contributed by atoms with Crippen LogP contribution in [0, 0.1) is 0 Å². The van der Waals surface area contributed by atoms with Crippen LogP contribution >= 0.6 is 0 Å². The van der Waals surface area contributed by atoms with E-state index in [4.69, 9.17) is 10.3 Å². The summed E-state index contributed by atoms with van der Waals surface area (Å²) in [5.41, 5.74) is 2.59. The lowest BCUT2D eigenvalue weighted by Crippen LogP contribution is -2.42. The van der Waals surface area contributed by atoms with Gasteiger partial charge < -0.3 is 4.43 Å². The molecule has 0 fully saturated rings. The molecule has 0 aromatic carbocycles. The average Bonchev–Trinajstić information content (AvgIpc) is 1.85. The van der Waals surface area contributed by atoms with Crippen LogP contribution in [0.5, 0.6) is 0 Å². The van der Waals surface area contributed by atoms with Gasteiger partial charge in [0.2, 0.25) is 0 Å². The minimum absolute atomic E-state index is 0.293. The van der Waals surface area contributed by atoms with Crippen LogP contribution in [0.3, 0.4) is 0 Å². The molecule has 74 valence electrons. The maximum Gasteiger partial charge on any atom is 0.192 e. The molecule has 0 aliphatic heterocycles. The summed E-state index contributed by atoms with van der Waals surface area (Å²) in [7, 11) is -1.54. The Morgan fingerprint density at radius 1 is 1.33 bits per heavy atom. The van der Waals surface area contributed by atoms with Crippen LogP contribution in [0.4, 0.5) is 0 Å². The van der Waals surface area contributed by atoms with E-state index in [-0.39, 0.29) is 0 Å².